The van der Waals surface area contributed by atoms with Gasteiger partial charge in [-0.3, -0.25) is 0 Å². The maximum absolute atomic E-state index is 8.95. The molecule has 2 heterocycles. The molecular weight excluding hydrogens is 292 g/mol. The zero-order valence-corrected chi connectivity index (χ0v) is 11.5. The van der Waals surface area contributed by atoms with Gasteiger partial charge in [0.2, 0.25) is 0 Å². The fourth-order valence-corrected chi connectivity index (χ4v) is 3.09. The smallest absolute Gasteiger partial charge is 0.0991 e. The molecule has 1 saturated heterocycles. The molecule has 0 radical (unpaired) electrons. The van der Waals surface area contributed by atoms with E-state index in [4.69, 9.17) is 10.00 Å². The number of nitriles is 1. The first kappa shape index (κ1) is 11.8. The number of ether oxygens (including phenoxy) is 1. The van der Waals surface area contributed by atoms with Crippen molar-refractivity contribution >= 4 is 26.8 Å². The molecule has 2 aromatic rings. The Morgan fingerprint density at radius 2 is 2.11 bits per heavy atom. The van der Waals surface area contributed by atoms with Crippen LogP contribution in [0.4, 0.5) is 0 Å². The first-order valence-corrected chi connectivity index (χ1v) is 6.87. The van der Waals surface area contributed by atoms with E-state index in [1.165, 1.54) is 5.52 Å². The Balaban J connectivity index is 2.10. The highest BCUT2D eigenvalue weighted by Gasteiger charge is 2.18. The Morgan fingerprint density at radius 1 is 1.33 bits per heavy atom. The Hall–Kier alpha value is -1.31. The molecule has 0 bridgehead atoms. The molecular formula is C14H13BrN2O. The summed E-state index contributed by atoms with van der Waals surface area (Å²) in [4.78, 5) is 0. The molecule has 1 aliphatic rings. The fourth-order valence-electron chi connectivity index (χ4n) is 2.55. The van der Waals surface area contributed by atoms with Gasteiger partial charge in [-0.2, -0.15) is 5.26 Å². The average Bonchev–Trinajstić information content (AvgIpc) is 2.77. The third-order valence-electron chi connectivity index (χ3n) is 3.50. The van der Waals surface area contributed by atoms with Crippen molar-refractivity contribution in [1.29, 1.82) is 5.26 Å². The average molecular weight is 305 g/mol. The maximum atomic E-state index is 8.95. The van der Waals surface area contributed by atoms with E-state index in [-0.39, 0.29) is 0 Å². The molecule has 0 amide bonds. The number of hydrogen-bond donors (Lipinski definition) is 0. The zero-order valence-electron chi connectivity index (χ0n) is 9.90. The summed E-state index contributed by atoms with van der Waals surface area (Å²) in [5.74, 6) is 0. The van der Waals surface area contributed by atoms with Gasteiger partial charge in [-0.1, -0.05) is 0 Å². The van der Waals surface area contributed by atoms with E-state index in [0.717, 1.165) is 35.9 Å². The molecule has 4 heteroatoms. The summed E-state index contributed by atoms with van der Waals surface area (Å²) < 4.78 is 8.77. The number of hydrogen-bond acceptors (Lipinski definition) is 2. The minimum Gasteiger partial charge on any atom is -0.381 e. The molecule has 0 spiro atoms. The van der Waals surface area contributed by atoms with Crippen LogP contribution in [0.25, 0.3) is 10.9 Å². The molecule has 3 rings (SSSR count). The molecule has 0 aliphatic carbocycles. The minimum atomic E-state index is 0.500. The van der Waals surface area contributed by atoms with Crippen LogP contribution in [0.1, 0.15) is 24.4 Å². The van der Waals surface area contributed by atoms with E-state index in [9.17, 15) is 0 Å². The van der Waals surface area contributed by atoms with E-state index in [2.05, 4.69) is 32.8 Å². The molecule has 1 fully saturated rings. The molecule has 0 N–H and O–H groups in total. The first-order valence-electron chi connectivity index (χ1n) is 6.07. The highest BCUT2D eigenvalue weighted by molar-refractivity contribution is 9.10. The van der Waals surface area contributed by atoms with Gasteiger partial charge in [0, 0.05) is 40.8 Å². The van der Waals surface area contributed by atoms with Crippen LogP contribution in [0.3, 0.4) is 0 Å². The van der Waals surface area contributed by atoms with Crippen LogP contribution in [0.2, 0.25) is 0 Å². The standard InChI is InChI=1S/C14H13BrN2O/c15-13-9-17(11-3-5-18-6-4-11)14-2-1-10(8-16)7-12(13)14/h1-2,7,9,11H,3-6H2. The van der Waals surface area contributed by atoms with Gasteiger partial charge in [0.1, 0.15) is 0 Å². The van der Waals surface area contributed by atoms with Crippen molar-refractivity contribution in [1.82, 2.24) is 4.57 Å². The number of benzene rings is 1. The second-order valence-electron chi connectivity index (χ2n) is 4.57. The topological polar surface area (TPSA) is 38.0 Å². The van der Waals surface area contributed by atoms with Gasteiger partial charge in [-0.15, -0.1) is 0 Å². The lowest BCUT2D eigenvalue weighted by atomic mass is 10.1. The summed E-state index contributed by atoms with van der Waals surface area (Å²) in [5, 5.41) is 10.1. The number of fused-ring (bicyclic) bond motifs is 1. The van der Waals surface area contributed by atoms with Crippen molar-refractivity contribution in [3.8, 4) is 6.07 Å². The normalized spacial score (nSPS) is 16.9. The van der Waals surface area contributed by atoms with Crippen molar-refractivity contribution in [2.24, 2.45) is 0 Å². The van der Waals surface area contributed by atoms with E-state index in [1.807, 2.05) is 18.2 Å². The predicted molar refractivity (Wildman–Crippen MR) is 73.4 cm³/mol. The van der Waals surface area contributed by atoms with Crippen LogP contribution in [0.15, 0.2) is 28.9 Å². The summed E-state index contributed by atoms with van der Waals surface area (Å²) in [5.41, 5.74) is 1.89. The van der Waals surface area contributed by atoms with Crippen LogP contribution in [0.5, 0.6) is 0 Å². The van der Waals surface area contributed by atoms with Crippen molar-refractivity contribution in [2.45, 2.75) is 18.9 Å². The monoisotopic (exact) mass is 304 g/mol. The van der Waals surface area contributed by atoms with Gasteiger partial charge >= 0.3 is 0 Å². The molecule has 18 heavy (non-hydrogen) atoms. The van der Waals surface area contributed by atoms with Gasteiger partial charge < -0.3 is 9.30 Å². The second kappa shape index (κ2) is 4.75. The SMILES string of the molecule is N#Cc1ccc2c(c1)c(Br)cn2C1CCOCC1. The van der Waals surface area contributed by atoms with Gasteiger partial charge in [0.05, 0.1) is 11.6 Å². The van der Waals surface area contributed by atoms with Crippen LogP contribution < -0.4 is 0 Å². The highest BCUT2D eigenvalue weighted by atomic mass is 79.9. The lowest BCUT2D eigenvalue weighted by molar-refractivity contribution is 0.0707. The fraction of sp³-hybridized carbons (Fsp3) is 0.357. The van der Waals surface area contributed by atoms with Crippen LogP contribution in [0, 0.1) is 11.3 Å². The summed E-state index contributed by atoms with van der Waals surface area (Å²) in [6.45, 7) is 1.66. The Labute approximate surface area is 114 Å². The Morgan fingerprint density at radius 3 is 2.83 bits per heavy atom. The maximum Gasteiger partial charge on any atom is 0.0991 e. The summed E-state index contributed by atoms with van der Waals surface area (Å²) in [6, 6.07) is 8.54. The predicted octanol–water partition coefficient (Wildman–Crippen LogP) is 3.63. The second-order valence-corrected chi connectivity index (χ2v) is 5.43. The number of aromatic nitrogens is 1. The molecule has 3 nitrogen and oxygen atoms in total. The summed E-state index contributed by atoms with van der Waals surface area (Å²) >= 11 is 3.59. The third-order valence-corrected chi connectivity index (χ3v) is 4.13. The van der Waals surface area contributed by atoms with Gasteiger partial charge in [-0.25, -0.2) is 0 Å². The third kappa shape index (κ3) is 1.94. The molecule has 92 valence electrons. The van der Waals surface area contributed by atoms with Crippen molar-refractivity contribution < 1.29 is 4.74 Å². The first-order chi connectivity index (χ1) is 8.79. The molecule has 0 saturated carbocycles. The summed E-state index contributed by atoms with van der Waals surface area (Å²) in [6.07, 6.45) is 4.23. The van der Waals surface area contributed by atoms with Crippen LogP contribution in [-0.4, -0.2) is 17.8 Å². The Bertz CT molecular complexity index is 620. The van der Waals surface area contributed by atoms with Gasteiger partial charge in [0.15, 0.2) is 0 Å². The lowest BCUT2D eigenvalue weighted by Crippen LogP contribution is -2.18. The van der Waals surface area contributed by atoms with E-state index >= 15 is 0 Å². The van der Waals surface area contributed by atoms with Gasteiger partial charge in [-0.05, 0) is 47.0 Å². The lowest BCUT2D eigenvalue weighted by Gasteiger charge is -2.24. The number of nitrogens with zero attached hydrogens (tertiary/aromatic N) is 2. The van der Waals surface area contributed by atoms with Crippen LogP contribution >= 0.6 is 15.9 Å². The van der Waals surface area contributed by atoms with Crippen LogP contribution in [-0.2, 0) is 4.74 Å². The quantitative estimate of drug-likeness (QED) is 0.807. The Kier molecular flexibility index (Phi) is 3.11. The van der Waals surface area contributed by atoms with Crippen molar-refractivity contribution in [3.63, 3.8) is 0 Å². The van der Waals surface area contributed by atoms with Crippen molar-refractivity contribution in [2.75, 3.05) is 13.2 Å². The number of rotatable bonds is 1. The molecule has 1 aromatic carbocycles. The van der Waals surface area contributed by atoms with E-state index in [0.29, 0.717) is 11.6 Å². The molecule has 0 atom stereocenters. The highest BCUT2D eigenvalue weighted by Crippen LogP contribution is 2.32. The molecule has 0 unspecified atom stereocenters. The zero-order chi connectivity index (χ0) is 12.5. The van der Waals surface area contributed by atoms with Crippen molar-refractivity contribution in [3.05, 3.63) is 34.4 Å². The van der Waals surface area contributed by atoms with Gasteiger partial charge in [0.25, 0.3) is 0 Å². The molecule has 1 aliphatic heterocycles. The number of halogens is 1. The van der Waals surface area contributed by atoms with E-state index < -0.39 is 0 Å². The largest absolute Gasteiger partial charge is 0.381 e. The molecule has 1 aromatic heterocycles. The summed E-state index contributed by atoms with van der Waals surface area (Å²) in [7, 11) is 0. The van der Waals surface area contributed by atoms with E-state index in [1.54, 1.807) is 0 Å². The minimum absolute atomic E-state index is 0.500.